The van der Waals surface area contributed by atoms with E-state index in [1.54, 1.807) is 6.33 Å². The van der Waals surface area contributed by atoms with Crippen molar-refractivity contribution in [3.8, 4) is 0 Å². The summed E-state index contributed by atoms with van der Waals surface area (Å²) in [6, 6.07) is 0. The van der Waals surface area contributed by atoms with Gasteiger partial charge in [-0.1, -0.05) is 27.7 Å². The summed E-state index contributed by atoms with van der Waals surface area (Å²) < 4.78 is 2.68. The van der Waals surface area contributed by atoms with Crippen molar-refractivity contribution in [3.05, 3.63) is 11.1 Å². The second-order valence-electron chi connectivity index (χ2n) is 4.58. The lowest BCUT2D eigenvalue weighted by Gasteiger charge is -2.27. The van der Waals surface area contributed by atoms with E-state index in [1.165, 1.54) is 0 Å². The Morgan fingerprint density at radius 1 is 1.62 bits per heavy atom. The SMILES string of the molecule is CC(Cn1cn[nH]c1=S)C(C)(C)C. The number of hydrogen-bond acceptors (Lipinski definition) is 2. The summed E-state index contributed by atoms with van der Waals surface area (Å²) in [6.07, 6.45) is 1.75. The van der Waals surface area contributed by atoms with E-state index >= 15 is 0 Å². The van der Waals surface area contributed by atoms with Crippen LogP contribution in [-0.2, 0) is 6.54 Å². The maximum atomic E-state index is 5.07. The predicted octanol–water partition coefficient (Wildman–Crippen LogP) is 2.62. The second kappa shape index (κ2) is 3.62. The van der Waals surface area contributed by atoms with Gasteiger partial charge in [0.15, 0.2) is 4.77 Å². The molecule has 1 N–H and O–H groups in total. The van der Waals surface area contributed by atoms with Crippen molar-refractivity contribution >= 4 is 12.2 Å². The molecule has 0 aliphatic rings. The molecular weight excluding hydrogens is 182 g/mol. The van der Waals surface area contributed by atoms with Gasteiger partial charge in [0.25, 0.3) is 0 Å². The van der Waals surface area contributed by atoms with E-state index in [4.69, 9.17) is 12.2 Å². The Morgan fingerprint density at radius 3 is 2.62 bits per heavy atom. The normalized spacial score (nSPS) is 14.5. The number of nitrogens with zero attached hydrogens (tertiary/aromatic N) is 2. The van der Waals surface area contributed by atoms with Gasteiger partial charge in [-0.15, -0.1) is 0 Å². The first-order valence-corrected chi connectivity index (χ1v) is 4.92. The lowest BCUT2D eigenvalue weighted by molar-refractivity contribution is 0.232. The molecule has 13 heavy (non-hydrogen) atoms. The number of aromatic amines is 1. The third kappa shape index (κ3) is 2.66. The average Bonchev–Trinajstić information content (AvgIpc) is 2.34. The molecular formula is C9H17N3S. The Bertz CT molecular complexity index is 318. The summed E-state index contributed by atoms with van der Waals surface area (Å²) >= 11 is 5.07. The highest BCUT2D eigenvalue weighted by molar-refractivity contribution is 7.71. The minimum atomic E-state index is 0.312. The summed E-state index contributed by atoms with van der Waals surface area (Å²) in [5.74, 6) is 0.580. The fourth-order valence-electron chi connectivity index (χ4n) is 0.969. The van der Waals surface area contributed by atoms with Gasteiger partial charge in [-0.25, -0.2) is 0 Å². The molecule has 0 radical (unpaired) electrons. The number of nitrogens with one attached hydrogen (secondary N) is 1. The summed E-state index contributed by atoms with van der Waals surface area (Å²) in [5, 5.41) is 6.64. The van der Waals surface area contributed by atoms with Crippen LogP contribution in [0.5, 0.6) is 0 Å². The van der Waals surface area contributed by atoms with Crippen molar-refractivity contribution in [3.63, 3.8) is 0 Å². The molecule has 0 aromatic carbocycles. The molecule has 1 heterocycles. The zero-order valence-electron chi connectivity index (χ0n) is 8.66. The molecule has 0 spiro atoms. The number of rotatable bonds is 2. The van der Waals surface area contributed by atoms with Crippen LogP contribution >= 0.6 is 12.2 Å². The van der Waals surface area contributed by atoms with Gasteiger partial charge >= 0.3 is 0 Å². The van der Waals surface area contributed by atoms with Crippen LogP contribution in [0.1, 0.15) is 27.7 Å². The van der Waals surface area contributed by atoms with Crippen LogP contribution in [-0.4, -0.2) is 14.8 Å². The van der Waals surface area contributed by atoms with Gasteiger partial charge in [0.1, 0.15) is 6.33 Å². The second-order valence-corrected chi connectivity index (χ2v) is 4.97. The van der Waals surface area contributed by atoms with Crippen LogP contribution in [0, 0.1) is 16.1 Å². The summed E-state index contributed by atoms with van der Waals surface area (Å²) in [4.78, 5) is 0. The molecule has 0 saturated carbocycles. The topological polar surface area (TPSA) is 33.6 Å². The molecule has 74 valence electrons. The van der Waals surface area contributed by atoms with E-state index in [9.17, 15) is 0 Å². The van der Waals surface area contributed by atoms with Crippen LogP contribution in [0.4, 0.5) is 0 Å². The van der Waals surface area contributed by atoms with E-state index in [0.717, 1.165) is 6.54 Å². The van der Waals surface area contributed by atoms with Gasteiger partial charge in [0, 0.05) is 6.54 Å². The van der Waals surface area contributed by atoms with Gasteiger partial charge in [-0.2, -0.15) is 5.10 Å². The third-order valence-corrected chi connectivity index (χ3v) is 2.89. The number of H-pyrrole nitrogens is 1. The molecule has 1 unspecified atom stereocenters. The molecule has 0 aliphatic carbocycles. The highest BCUT2D eigenvalue weighted by Gasteiger charge is 2.20. The van der Waals surface area contributed by atoms with Gasteiger partial charge in [-0.05, 0) is 23.6 Å². The fraction of sp³-hybridized carbons (Fsp3) is 0.778. The Labute approximate surface area is 84.2 Å². The number of aromatic nitrogens is 3. The van der Waals surface area contributed by atoms with Crippen LogP contribution < -0.4 is 0 Å². The molecule has 1 aromatic rings. The molecule has 0 bridgehead atoms. The van der Waals surface area contributed by atoms with Crippen molar-refractivity contribution in [2.75, 3.05) is 0 Å². The van der Waals surface area contributed by atoms with E-state index in [1.807, 2.05) is 4.57 Å². The summed E-state index contributed by atoms with van der Waals surface area (Å²) in [5.41, 5.74) is 0.312. The standard InChI is InChI=1S/C9H17N3S/c1-7(9(2,3)4)5-12-6-10-11-8(12)13/h6-7H,5H2,1-4H3,(H,11,13). The van der Waals surface area contributed by atoms with E-state index in [2.05, 4.69) is 37.9 Å². The van der Waals surface area contributed by atoms with Gasteiger partial charge in [-0.3, -0.25) is 5.10 Å². The van der Waals surface area contributed by atoms with Crippen molar-refractivity contribution in [1.82, 2.24) is 14.8 Å². The maximum Gasteiger partial charge on any atom is 0.194 e. The van der Waals surface area contributed by atoms with Crippen LogP contribution in [0.15, 0.2) is 6.33 Å². The molecule has 0 aliphatic heterocycles. The largest absolute Gasteiger partial charge is 0.306 e. The van der Waals surface area contributed by atoms with Crippen molar-refractivity contribution in [1.29, 1.82) is 0 Å². The monoisotopic (exact) mass is 199 g/mol. The van der Waals surface area contributed by atoms with Gasteiger partial charge in [0.05, 0.1) is 0 Å². The maximum absolute atomic E-state index is 5.07. The lowest BCUT2D eigenvalue weighted by Crippen LogP contribution is -2.22. The van der Waals surface area contributed by atoms with Crippen LogP contribution in [0.2, 0.25) is 0 Å². The van der Waals surface area contributed by atoms with Crippen molar-refractivity contribution < 1.29 is 0 Å². The van der Waals surface area contributed by atoms with E-state index in [-0.39, 0.29) is 0 Å². The minimum absolute atomic E-state index is 0.312. The van der Waals surface area contributed by atoms with Crippen LogP contribution in [0.3, 0.4) is 0 Å². The smallest absolute Gasteiger partial charge is 0.194 e. The quantitative estimate of drug-likeness (QED) is 0.743. The predicted molar refractivity (Wildman–Crippen MR) is 56.0 cm³/mol. The Morgan fingerprint density at radius 2 is 2.23 bits per heavy atom. The van der Waals surface area contributed by atoms with Crippen LogP contribution in [0.25, 0.3) is 0 Å². The molecule has 1 atom stereocenters. The van der Waals surface area contributed by atoms with Crippen molar-refractivity contribution in [2.24, 2.45) is 11.3 Å². The highest BCUT2D eigenvalue weighted by Crippen LogP contribution is 2.26. The van der Waals surface area contributed by atoms with E-state index < -0.39 is 0 Å². The van der Waals surface area contributed by atoms with Gasteiger partial charge < -0.3 is 4.57 Å². The first kappa shape index (κ1) is 10.4. The minimum Gasteiger partial charge on any atom is -0.306 e. The van der Waals surface area contributed by atoms with Crippen molar-refractivity contribution in [2.45, 2.75) is 34.2 Å². The first-order chi connectivity index (χ1) is 5.91. The first-order valence-electron chi connectivity index (χ1n) is 4.51. The Hall–Kier alpha value is -0.640. The molecule has 1 rings (SSSR count). The average molecular weight is 199 g/mol. The molecule has 1 aromatic heterocycles. The fourth-order valence-corrected chi connectivity index (χ4v) is 1.14. The molecule has 0 amide bonds. The summed E-state index contributed by atoms with van der Waals surface area (Å²) in [7, 11) is 0. The molecule has 0 fully saturated rings. The zero-order chi connectivity index (χ0) is 10.1. The molecule has 4 heteroatoms. The highest BCUT2D eigenvalue weighted by atomic mass is 32.1. The lowest BCUT2D eigenvalue weighted by atomic mass is 9.82. The molecule has 0 saturated heterocycles. The number of hydrogen-bond donors (Lipinski definition) is 1. The van der Waals surface area contributed by atoms with E-state index in [0.29, 0.717) is 16.1 Å². The zero-order valence-corrected chi connectivity index (χ0v) is 9.48. The Balaban J connectivity index is 2.71. The third-order valence-electron chi connectivity index (χ3n) is 2.57. The van der Waals surface area contributed by atoms with Gasteiger partial charge in [0.2, 0.25) is 0 Å². The molecule has 3 nitrogen and oxygen atoms in total. The summed E-state index contributed by atoms with van der Waals surface area (Å²) in [6.45, 7) is 9.87. The Kier molecular flexibility index (Phi) is 2.91.